The van der Waals surface area contributed by atoms with Gasteiger partial charge in [-0.25, -0.2) is 0 Å². The van der Waals surface area contributed by atoms with Crippen molar-refractivity contribution < 1.29 is 4.42 Å². The average molecular weight is 229 g/mol. The van der Waals surface area contributed by atoms with Gasteiger partial charge in [-0.2, -0.15) is 0 Å². The zero-order valence-corrected chi connectivity index (χ0v) is 10.7. The number of hydrogen-bond acceptors (Lipinski definition) is 2. The minimum absolute atomic E-state index is 0.241. The third-order valence-electron chi connectivity index (χ3n) is 3.07. The summed E-state index contributed by atoms with van der Waals surface area (Å²) in [5.74, 6) is 0.981. The lowest BCUT2D eigenvalue weighted by Gasteiger charge is -2.13. The molecule has 0 saturated carbocycles. The van der Waals surface area contributed by atoms with Crippen molar-refractivity contribution in [3.63, 3.8) is 0 Å². The van der Waals surface area contributed by atoms with Crippen LogP contribution >= 0.6 is 0 Å². The van der Waals surface area contributed by atoms with E-state index >= 15 is 0 Å². The molecule has 0 unspecified atom stereocenters. The summed E-state index contributed by atoms with van der Waals surface area (Å²) in [7, 11) is 0. The highest BCUT2D eigenvalue weighted by molar-refractivity contribution is 5.30. The molecule has 0 fully saturated rings. The fraction of sp³-hybridized carbons (Fsp3) is 0.333. The zero-order valence-electron chi connectivity index (χ0n) is 10.7. The SMILES string of the molecule is Cc1ccc(CN[C@@H](C)c2ccco2)c(C)c1. The molecule has 2 rings (SSSR count). The summed E-state index contributed by atoms with van der Waals surface area (Å²) in [6.07, 6.45) is 1.71. The summed E-state index contributed by atoms with van der Waals surface area (Å²) in [6.45, 7) is 7.26. The fourth-order valence-corrected chi connectivity index (χ4v) is 1.95. The lowest BCUT2D eigenvalue weighted by molar-refractivity contribution is 0.430. The summed E-state index contributed by atoms with van der Waals surface area (Å²) < 4.78 is 5.37. The maximum atomic E-state index is 5.37. The van der Waals surface area contributed by atoms with E-state index in [1.807, 2.05) is 12.1 Å². The Labute approximate surface area is 103 Å². The molecule has 0 spiro atoms. The molecule has 17 heavy (non-hydrogen) atoms. The van der Waals surface area contributed by atoms with E-state index in [9.17, 15) is 0 Å². The van der Waals surface area contributed by atoms with Gasteiger partial charge in [0.15, 0.2) is 0 Å². The monoisotopic (exact) mass is 229 g/mol. The number of rotatable bonds is 4. The molecule has 1 aromatic heterocycles. The van der Waals surface area contributed by atoms with Crippen molar-refractivity contribution in [3.05, 3.63) is 59.0 Å². The maximum absolute atomic E-state index is 5.37. The fourth-order valence-electron chi connectivity index (χ4n) is 1.95. The summed E-state index contributed by atoms with van der Waals surface area (Å²) in [5, 5.41) is 3.47. The van der Waals surface area contributed by atoms with Gasteiger partial charge in [-0.3, -0.25) is 0 Å². The van der Waals surface area contributed by atoms with Crippen LogP contribution < -0.4 is 5.32 Å². The van der Waals surface area contributed by atoms with Crippen LogP contribution in [0.4, 0.5) is 0 Å². The Bertz CT molecular complexity index is 474. The number of benzene rings is 1. The van der Waals surface area contributed by atoms with Gasteiger partial charge in [0, 0.05) is 6.54 Å². The van der Waals surface area contributed by atoms with Crippen molar-refractivity contribution in [3.8, 4) is 0 Å². The van der Waals surface area contributed by atoms with Crippen LogP contribution in [0.25, 0.3) is 0 Å². The van der Waals surface area contributed by atoms with Crippen molar-refractivity contribution in [2.24, 2.45) is 0 Å². The van der Waals surface area contributed by atoms with E-state index in [-0.39, 0.29) is 6.04 Å². The van der Waals surface area contributed by atoms with Crippen LogP contribution in [-0.2, 0) is 6.54 Å². The van der Waals surface area contributed by atoms with E-state index in [4.69, 9.17) is 4.42 Å². The van der Waals surface area contributed by atoms with Gasteiger partial charge in [-0.15, -0.1) is 0 Å². The van der Waals surface area contributed by atoms with E-state index in [0.717, 1.165) is 12.3 Å². The molecule has 0 saturated heterocycles. The minimum Gasteiger partial charge on any atom is -0.468 e. The van der Waals surface area contributed by atoms with E-state index < -0.39 is 0 Å². The second kappa shape index (κ2) is 5.19. The molecular formula is C15H19NO. The topological polar surface area (TPSA) is 25.2 Å². The zero-order chi connectivity index (χ0) is 12.3. The van der Waals surface area contributed by atoms with Gasteiger partial charge >= 0.3 is 0 Å². The molecule has 0 bridgehead atoms. The Morgan fingerprint density at radius 1 is 1.24 bits per heavy atom. The van der Waals surface area contributed by atoms with Crippen molar-refractivity contribution >= 4 is 0 Å². The van der Waals surface area contributed by atoms with Gasteiger partial charge in [0.05, 0.1) is 12.3 Å². The van der Waals surface area contributed by atoms with Gasteiger partial charge in [0.25, 0.3) is 0 Å². The molecule has 1 aromatic carbocycles. The highest BCUT2D eigenvalue weighted by Gasteiger charge is 2.07. The molecule has 0 aliphatic rings. The highest BCUT2D eigenvalue weighted by atomic mass is 16.3. The van der Waals surface area contributed by atoms with Crippen LogP contribution in [0.15, 0.2) is 41.0 Å². The number of furan rings is 1. The predicted molar refractivity (Wildman–Crippen MR) is 69.9 cm³/mol. The average Bonchev–Trinajstić information content (AvgIpc) is 2.81. The molecule has 1 N–H and O–H groups in total. The van der Waals surface area contributed by atoms with E-state index in [1.54, 1.807) is 6.26 Å². The van der Waals surface area contributed by atoms with Crippen molar-refractivity contribution in [2.75, 3.05) is 0 Å². The van der Waals surface area contributed by atoms with Gasteiger partial charge in [0.2, 0.25) is 0 Å². The number of nitrogens with one attached hydrogen (secondary N) is 1. The van der Waals surface area contributed by atoms with Crippen molar-refractivity contribution in [2.45, 2.75) is 33.4 Å². The van der Waals surface area contributed by atoms with Gasteiger partial charge in [0.1, 0.15) is 5.76 Å². The first-order valence-electron chi connectivity index (χ1n) is 6.00. The van der Waals surface area contributed by atoms with E-state index in [1.165, 1.54) is 16.7 Å². The maximum Gasteiger partial charge on any atom is 0.120 e. The molecule has 0 aliphatic heterocycles. The first kappa shape index (κ1) is 11.9. The summed E-state index contributed by atoms with van der Waals surface area (Å²) >= 11 is 0. The Hall–Kier alpha value is -1.54. The predicted octanol–water partition coefficient (Wildman–Crippen LogP) is 3.75. The molecule has 2 nitrogen and oxygen atoms in total. The largest absolute Gasteiger partial charge is 0.468 e. The minimum atomic E-state index is 0.241. The third kappa shape index (κ3) is 2.98. The number of hydrogen-bond donors (Lipinski definition) is 1. The molecule has 2 heteroatoms. The summed E-state index contributed by atoms with van der Waals surface area (Å²) in [6, 6.07) is 10.7. The Morgan fingerprint density at radius 2 is 2.06 bits per heavy atom. The molecule has 0 radical (unpaired) electrons. The third-order valence-corrected chi connectivity index (χ3v) is 3.07. The standard InChI is InChI=1S/C15H19NO/c1-11-6-7-14(12(2)9-11)10-16-13(3)15-5-4-8-17-15/h4-9,13,16H,10H2,1-3H3/t13-/m0/s1. The Kier molecular flexibility index (Phi) is 3.64. The van der Waals surface area contributed by atoms with Crippen LogP contribution in [0.2, 0.25) is 0 Å². The van der Waals surface area contributed by atoms with Crippen LogP contribution in [0, 0.1) is 13.8 Å². The molecule has 1 atom stereocenters. The highest BCUT2D eigenvalue weighted by Crippen LogP contribution is 2.15. The second-order valence-electron chi connectivity index (χ2n) is 4.55. The van der Waals surface area contributed by atoms with Crippen LogP contribution in [0.5, 0.6) is 0 Å². The van der Waals surface area contributed by atoms with E-state index in [0.29, 0.717) is 0 Å². The van der Waals surface area contributed by atoms with Crippen LogP contribution in [0.3, 0.4) is 0 Å². The van der Waals surface area contributed by atoms with Crippen molar-refractivity contribution in [1.82, 2.24) is 5.32 Å². The van der Waals surface area contributed by atoms with Crippen LogP contribution in [0.1, 0.15) is 35.4 Å². The smallest absolute Gasteiger partial charge is 0.120 e. The molecule has 1 heterocycles. The summed E-state index contributed by atoms with van der Waals surface area (Å²) in [4.78, 5) is 0. The first-order valence-corrected chi connectivity index (χ1v) is 6.00. The molecule has 2 aromatic rings. The first-order chi connectivity index (χ1) is 8.16. The second-order valence-corrected chi connectivity index (χ2v) is 4.55. The lowest BCUT2D eigenvalue weighted by Crippen LogP contribution is -2.18. The quantitative estimate of drug-likeness (QED) is 0.863. The van der Waals surface area contributed by atoms with E-state index in [2.05, 4.69) is 44.3 Å². The molecule has 0 amide bonds. The van der Waals surface area contributed by atoms with Gasteiger partial charge in [-0.1, -0.05) is 23.8 Å². The number of aryl methyl sites for hydroxylation is 2. The van der Waals surface area contributed by atoms with Gasteiger partial charge in [-0.05, 0) is 44.0 Å². The molecular weight excluding hydrogens is 210 g/mol. The van der Waals surface area contributed by atoms with Gasteiger partial charge < -0.3 is 9.73 Å². The summed E-state index contributed by atoms with van der Waals surface area (Å²) in [5.41, 5.74) is 3.99. The molecule has 90 valence electrons. The Balaban J connectivity index is 1.98. The molecule has 0 aliphatic carbocycles. The normalized spacial score (nSPS) is 12.6. The van der Waals surface area contributed by atoms with Crippen LogP contribution in [-0.4, -0.2) is 0 Å². The lowest BCUT2D eigenvalue weighted by atomic mass is 10.1. The van der Waals surface area contributed by atoms with Crippen molar-refractivity contribution in [1.29, 1.82) is 0 Å². The Morgan fingerprint density at radius 3 is 2.71 bits per heavy atom.